The predicted molar refractivity (Wildman–Crippen MR) is 83.4 cm³/mol. The minimum Gasteiger partial charge on any atom is -0.280 e. The maximum absolute atomic E-state index is 13.5. The largest absolute Gasteiger partial charge is 0.280 e. The Morgan fingerprint density at radius 1 is 1.05 bits per heavy atom. The average Bonchev–Trinajstić information content (AvgIpc) is 2.90. The van der Waals surface area contributed by atoms with Gasteiger partial charge in [0, 0.05) is 0 Å². The van der Waals surface area contributed by atoms with Crippen molar-refractivity contribution in [3.63, 3.8) is 0 Å². The van der Waals surface area contributed by atoms with Crippen LogP contribution in [-0.4, -0.2) is 8.42 Å². The van der Waals surface area contributed by atoms with Crippen LogP contribution in [0.3, 0.4) is 0 Å². The van der Waals surface area contributed by atoms with Crippen molar-refractivity contribution in [2.45, 2.75) is 24.2 Å². The van der Waals surface area contributed by atoms with Gasteiger partial charge in [-0.05, 0) is 76.7 Å². The second kappa shape index (κ2) is 5.42. The van der Waals surface area contributed by atoms with E-state index in [-0.39, 0.29) is 10.6 Å². The number of benzene rings is 2. The van der Waals surface area contributed by atoms with E-state index in [0.29, 0.717) is 4.47 Å². The quantitative estimate of drug-likeness (QED) is 0.892. The Morgan fingerprint density at radius 3 is 2.57 bits per heavy atom. The van der Waals surface area contributed by atoms with Gasteiger partial charge in [-0.2, -0.15) is 0 Å². The number of aryl methyl sites for hydroxylation is 2. The number of hydrogen-bond acceptors (Lipinski definition) is 2. The van der Waals surface area contributed by atoms with Crippen LogP contribution >= 0.6 is 15.9 Å². The molecule has 21 heavy (non-hydrogen) atoms. The van der Waals surface area contributed by atoms with Crippen LogP contribution in [0.1, 0.15) is 17.5 Å². The van der Waals surface area contributed by atoms with E-state index in [4.69, 9.17) is 0 Å². The molecule has 1 aliphatic carbocycles. The smallest absolute Gasteiger partial charge is 0.261 e. The van der Waals surface area contributed by atoms with Gasteiger partial charge in [0.2, 0.25) is 0 Å². The summed E-state index contributed by atoms with van der Waals surface area (Å²) in [5, 5.41) is 0. The zero-order valence-corrected chi connectivity index (χ0v) is 13.5. The maximum atomic E-state index is 13.5. The van der Waals surface area contributed by atoms with Gasteiger partial charge in [-0.1, -0.05) is 6.07 Å². The van der Waals surface area contributed by atoms with Crippen molar-refractivity contribution < 1.29 is 12.8 Å². The first-order chi connectivity index (χ1) is 9.95. The van der Waals surface area contributed by atoms with E-state index in [1.54, 1.807) is 12.1 Å². The van der Waals surface area contributed by atoms with E-state index < -0.39 is 15.8 Å². The van der Waals surface area contributed by atoms with Crippen LogP contribution in [0.2, 0.25) is 0 Å². The van der Waals surface area contributed by atoms with Crippen LogP contribution in [0.25, 0.3) is 0 Å². The molecule has 0 saturated carbocycles. The van der Waals surface area contributed by atoms with Gasteiger partial charge in [0.05, 0.1) is 15.1 Å². The van der Waals surface area contributed by atoms with E-state index in [2.05, 4.69) is 20.7 Å². The third-order valence-corrected chi connectivity index (χ3v) is 5.57. The topological polar surface area (TPSA) is 46.2 Å². The minimum atomic E-state index is -3.70. The molecule has 0 bridgehead atoms. The van der Waals surface area contributed by atoms with E-state index in [1.165, 1.54) is 17.7 Å². The molecule has 0 aromatic heterocycles. The lowest BCUT2D eigenvalue weighted by molar-refractivity contribution is 0.601. The molecule has 1 N–H and O–H groups in total. The molecule has 110 valence electrons. The Kier molecular flexibility index (Phi) is 3.75. The summed E-state index contributed by atoms with van der Waals surface area (Å²) in [5.41, 5.74) is 2.50. The molecule has 2 aromatic rings. The molecular formula is C15H13BrFNO2S. The average molecular weight is 370 g/mol. The summed E-state index contributed by atoms with van der Waals surface area (Å²) < 4.78 is 40.9. The highest BCUT2D eigenvalue weighted by Crippen LogP contribution is 2.26. The van der Waals surface area contributed by atoms with Crippen LogP contribution < -0.4 is 4.72 Å². The molecule has 0 amide bonds. The summed E-state index contributed by atoms with van der Waals surface area (Å²) in [7, 11) is -3.70. The molecule has 3 rings (SSSR count). The molecule has 0 fully saturated rings. The Labute approximate surface area is 131 Å². The van der Waals surface area contributed by atoms with Crippen LogP contribution in [0.5, 0.6) is 0 Å². The highest BCUT2D eigenvalue weighted by molar-refractivity contribution is 9.10. The number of halogens is 2. The molecule has 0 atom stereocenters. The van der Waals surface area contributed by atoms with Gasteiger partial charge < -0.3 is 0 Å². The SMILES string of the molecule is O=S(=O)(Nc1ccc(Br)c(F)c1)c1ccc2c(c1)CCC2. The fourth-order valence-corrected chi connectivity index (χ4v) is 3.84. The lowest BCUT2D eigenvalue weighted by Crippen LogP contribution is -2.13. The maximum Gasteiger partial charge on any atom is 0.261 e. The summed E-state index contributed by atoms with van der Waals surface area (Å²) in [6, 6.07) is 9.30. The zero-order chi connectivity index (χ0) is 15.0. The molecule has 1 aliphatic rings. The number of anilines is 1. The molecule has 0 heterocycles. The van der Waals surface area contributed by atoms with Gasteiger partial charge >= 0.3 is 0 Å². The van der Waals surface area contributed by atoms with E-state index >= 15 is 0 Å². The first-order valence-electron chi connectivity index (χ1n) is 6.55. The van der Waals surface area contributed by atoms with Crippen molar-refractivity contribution in [2.24, 2.45) is 0 Å². The van der Waals surface area contributed by atoms with Crippen LogP contribution in [0.4, 0.5) is 10.1 Å². The first-order valence-corrected chi connectivity index (χ1v) is 8.83. The van der Waals surface area contributed by atoms with Crippen molar-refractivity contribution in [1.29, 1.82) is 0 Å². The molecular weight excluding hydrogens is 357 g/mol. The van der Waals surface area contributed by atoms with Crippen LogP contribution in [-0.2, 0) is 22.9 Å². The molecule has 0 spiro atoms. The number of sulfonamides is 1. The molecule has 0 unspecified atom stereocenters. The Morgan fingerprint density at radius 2 is 1.81 bits per heavy atom. The number of nitrogens with one attached hydrogen (secondary N) is 1. The van der Waals surface area contributed by atoms with E-state index in [1.807, 2.05) is 6.07 Å². The molecule has 2 aromatic carbocycles. The predicted octanol–water partition coefficient (Wildman–Crippen LogP) is 3.88. The molecule has 0 aliphatic heterocycles. The lowest BCUT2D eigenvalue weighted by Gasteiger charge is -2.10. The molecule has 6 heteroatoms. The van der Waals surface area contributed by atoms with Crippen molar-refractivity contribution in [3.8, 4) is 0 Å². The fraction of sp³-hybridized carbons (Fsp3) is 0.200. The van der Waals surface area contributed by atoms with Crippen molar-refractivity contribution in [1.82, 2.24) is 0 Å². The minimum absolute atomic E-state index is 0.205. The van der Waals surface area contributed by atoms with Gasteiger partial charge in [0.25, 0.3) is 10.0 Å². The van der Waals surface area contributed by atoms with Crippen molar-refractivity contribution in [3.05, 3.63) is 57.8 Å². The molecule has 0 radical (unpaired) electrons. The number of rotatable bonds is 3. The van der Waals surface area contributed by atoms with Crippen molar-refractivity contribution in [2.75, 3.05) is 4.72 Å². The molecule has 0 saturated heterocycles. The van der Waals surface area contributed by atoms with Crippen LogP contribution in [0.15, 0.2) is 45.8 Å². The van der Waals surface area contributed by atoms with E-state index in [9.17, 15) is 12.8 Å². The summed E-state index contributed by atoms with van der Waals surface area (Å²) in [5.74, 6) is -0.510. The van der Waals surface area contributed by atoms with Gasteiger partial charge in [0.15, 0.2) is 0 Å². The fourth-order valence-electron chi connectivity index (χ4n) is 2.49. The normalized spacial score (nSPS) is 14.0. The van der Waals surface area contributed by atoms with Gasteiger partial charge in [-0.3, -0.25) is 4.72 Å². The van der Waals surface area contributed by atoms with Crippen molar-refractivity contribution >= 4 is 31.6 Å². The van der Waals surface area contributed by atoms with Gasteiger partial charge in [0.1, 0.15) is 5.82 Å². The standard InChI is InChI=1S/C15H13BrFNO2S/c16-14-7-5-12(9-15(14)17)18-21(19,20)13-6-4-10-2-1-3-11(10)8-13/h4-9,18H,1-3H2. The Bertz CT molecular complexity index is 805. The van der Waals surface area contributed by atoms with Gasteiger partial charge in [-0.25, -0.2) is 12.8 Å². The second-order valence-electron chi connectivity index (χ2n) is 5.02. The third kappa shape index (κ3) is 2.96. The summed E-state index contributed by atoms with van der Waals surface area (Å²) in [4.78, 5) is 0.214. The van der Waals surface area contributed by atoms with E-state index in [0.717, 1.165) is 30.9 Å². The monoisotopic (exact) mass is 369 g/mol. The highest BCUT2D eigenvalue weighted by atomic mass is 79.9. The third-order valence-electron chi connectivity index (χ3n) is 3.55. The Hall–Kier alpha value is -1.40. The summed E-state index contributed by atoms with van der Waals surface area (Å²) in [6.07, 6.45) is 2.97. The summed E-state index contributed by atoms with van der Waals surface area (Å²) in [6.45, 7) is 0. The first kappa shape index (κ1) is 14.5. The highest BCUT2D eigenvalue weighted by Gasteiger charge is 2.18. The molecule has 3 nitrogen and oxygen atoms in total. The zero-order valence-electron chi connectivity index (χ0n) is 11.1. The summed E-state index contributed by atoms with van der Waals surface area (Å²) >= 11 is 3.04. The number of hydrogen-bond donors (Lipinski definition) is 1. The van der Waals surface area contributed by atoms with Gasteiger partial charge in [-0.15, -0.1) is 0 Å². The Balaban J connectivity index is 1.91. The lowest BCUT2D eigenvalue weighted by atomic mass is 10.1. The number of fused-ring (bicyclic) bond motifs is 1. The van der Waals surface area contributed by atoms with Crippen LogP contribution in [0, 0.1) is 5.82 Å². The second-order valence-corrected chi connectivity index (χ2v) is 7.56.